The van der Waals surface area contributed by atoms with Gasteiger partial charge in [0.2, 0.25) is 6.39 Å². The second-order valence-electron chi connectivity index (χ2n) is 3.52. The molecule has 0 aliphatic heterocycles. The molecule has 1 heterocycles. The van der Waals surface area contributed by atoms with E-state index < -0.39 is 0 Å². The first-order valence-corrected chi connectivity index (χ1v) is 5.99. The molecule has 0 fully saturated rings. The van der Waals surface area contributed by atoms with E-state index in [0.29, 0.717) is 23.3 Å². The van der Waals surface area contributed by atoms with E-state index in [-0.39, 0.29) is 5.75 Å². The van der Waals surface area contributed by atoms with E-state index in [1.165, 1.54) is 6.39 Å². The van der Waals surface area contributed by atoms with Crippen LogP contribution < -0.4 is 5.32 Å². The van der Waals surface area contributed by atoms with E-state index in [4.69, 9.17) is 0 Å². The van der Waals surface area contributed by atoms with Crippen LogP contribution >= 0.6 is 15.9 Å². The molecule has 1 aromatic heterocycles. The Balaban J connectivity index is 1.80. The highest BCUT2D eigenvalue weighted by Crippen LogP contribution is 2.26. The van der Waals surface area contributed by atoms with Gasteiger partial charge in [0.1, 0.15) is 5.75 Å². The standard InChI is InChI=1S/C11H12BrN3O2/c12-9-3-1-2-8(11(9)16)6-13-5-4-10-14-7-17-15-10/h1-3,7,13,16H,4-6H2. The molecule has 0 atom stereocenters. The minimum Gasteiger partial charge on any atom is -0.506 e. The molecule has 0 saturated heterocycles. The first-order valence-electron chi connectivity index (χ1n) is 5.19. The number of aromatic nitrogens is 2. The zero-order valence-electron chi connectivity index (χ0n) is 9.06. The largest absolute Gasteiger partial charge is 0.506 e. The van der Waals surface area contributed by atoms with Crippen molar-refractivity contribution in [2.75, 3.05) is 6.54 Å². The number of benzene rings is 1. The smallest absolute Gasteiger partial charge is 0.213 e. The summed E-state index contributed by atoms with van der Waals surface area (Å²) >= 11 is 3.28. The SMILES string of the molecule is Oc1c(Br)cccc1CNCCc1ncon1. The number of aromatic hydroxyl groups is 1. The molecule has 0 bridgehead atoms. The number of nitrogens with zero attached hydrogens (tertiary/aromatic N) is 2. The van der Waals surface area contributed by atoms with Crippen LogP contribution in [-0.4, -0.2) is 21.8 Å². The van der Waals surface area contributed by atoms with Crippen molar-refractivity contribution >= 4 is 15.9 Å². The van der Waals surface area contributed by atoms with E-state index in [9.17, 15) is 5.11 Å². The summed E-state index contributed by atoms with van der Waals surface area (Å²) < 4.78 is 5.33. The van der Waals surface area contributed by atoms with Gasteiger partial charge in [-0.25, -0.2) is 0 Å². The molecule has 0 saturated carbocycles. The first kappa shape index (κ1) is 12.1. The van der Waals surface area contributed by atoms with Gasteiger partial charge in [-0.1, -0.05) is 17.3 Å². The number of hydrogen-bond acceptors (Lipinski definition) is 5. The lowest BCUT2D eigenvalue weighted by atomic mass is 10.2. The van der Waals surface area contributed by atoms with Crippen molar-refractivity contribution in [2.24, 2.45) is 0 Å². The molecule has 5 nitrogen and oxygen atoms in total. The van der Waals surface area contributed by atoms with Crippen LogP contribution in [0.2, 0.25) is 0 Å². The van der Waals surface area contributed by atoms with E-state index >= 15 is 0 Å². The lowest BCUT2D eigenvalue weighted by Crippen LogP contribution is -2.17. The Morgan fingerprint density at radius 1 is 1.41 bits per heavy atom. The molecule has 2 N–H and O–H groups in total. The number of nitrogens with one attached hydrogen (secondary N) is 1. The number of phenols is 1. The fourth-order valence-corrected chi connectivity index (χ4v) is 1.84. The van der Waals surface area contributed by atoms with Crippen LogP contribution in [0, 0.1) is 0 Å². The van der Waals surface area contributed by atoms with Crippen molar-refractivity contribution in [3.05, 3.63) is 40.5 Å². The average Bonchev–Trinajstić information content (AvgIpc) is 2.83. The van der Waals surface area contributed by atoms with Crippen LogP contribution in [0.1, 0.15) is 11.4 Å². The summed E-state index contributed by atoms with van der Waals surface area (Å²) in [4.78, 5) is 3.92. The zero-order valence-corrected chi connectivity index (χ0v) is 10.6. The Hall–Kier alpha value is -1.40. The van der Waals surface area contributed by atoms with Gasteiger partial charge in [-0.2, -0.15) is 4.98 Å². The van der Waals surface area contributed by atoms with Crippen LogP contribution in [-0.2, 0) is 13.0 Å². The maximum atomic E-state index is 9.75. The van der Waals surface area contributed by atoms with Crippen LogP contribution in [0.4, 0.5) is 0 Å². The lowest BCUT2D eigenvalue weighted by molar-refractivity contribution is 0.409. The van der Waals surface area contributed by atoms with Crippen molar-refractivity contribution in [3.63, 3.8) is 0 Å². The lowest BCUT2D eigenvalue weighted by Gasteiger charge is -2.06. The third-order valence-corrected chi connectivity index (χ3v) is 2.96. The zero-order chi connectivity index (χ0) is 12.1. The molecule has 0 spiro atoms. The maximum absolute atomic E-state index is 9.75. The molecule has 6 heteroatoms. The minimum atomic E-state index is 0.277. The number of para-hydroxylation sites is 1. The Labute approximate surface area is 107 Å². The van der Waals surface area contributed by atoms with E-state index in [2.05, 4.69) is 35.9 Å². The third kappa shape index (κ3) is 3.28. The minimum absolute atomic E-state index is 0.277. The van der Waals surface area contributed by atoms with Crippen LogP contribution in [0.25, 0.3) is 0 Å². The van der Waals surface area contributed by atoms with Crippen molar-refractivity contribution in [2.45, 2.75) is 13.0 Å². The first-order chi connectivity index (χ1) is 8.27. The quantitative estimate of drug-likeness (QED) is 0.825. The molecule has 0 amide bonds. The number of rotatable bonds is 5. The Kier molecular flexibility index (Phi) is 4.11. The summed E-state index contributed by atoms with van der Waals surface area (Å²) in [6, 6.07) is 5.57. The van der Waals surface area contributed by atoms with Crippen molar-refractivity contribution < 1.29 is 9.63 Å². The topological polar surface area (TPSA) is 71.2 Å². The number of halogens is 1. The molecular weight excluding hydrogens is 286 g/mol. The molecule has 2 aromatic rings. The van der Waals surface area contributed by atoms with Gasteiger partial charge in [0, 0.05) is 25.1 Å². The van der Waals surface area contributed by atoms with Crippen LogP contribution in [0.15, 0.2) is 33.6 Å². The van der Waals surface area contributed by atoms with Gasteiger partial charge < -0.3 is 14.9 Å². The van der Waals surface area contributed by atoms with Gasteiger partial charge in [0.25, 0.3) is 0 Å². The summed E-state index contributed by atoms with van der Waals surface area (Å²) in [5.74, 6) is 0.954. The summed E-state index contributed by atoms with van der Waals surface area (Å²) in [6.45, 7) is 1.33. The van der Waals surface area contributed by atoms with Gasteiger partial charge in [-0.3, -0.25) is 0 Å². The fraction of sp³-hybridized carbons (Fsp3) is 0.273. The molecule has 90 valence electrons. The predicted octanol–water partition coefficient (Wildman–Crippen LogP) is 1.87. The molecule has 0 aliphatic carbocycles. The monoisotopic (exact) mass is 297 g/mol. The third-order valence-electron chi connectivity index (χ3n) is 2.32. The van der Waals surface area contributed by atoms with Crippen molar-refractivity contribution in [1.82, 2.24) is 15.5 Å². The number of phenolic OH excluding ortho intramolecular Hbond substituents is 1. The van der Waals surface area contributed by atoms with Crippen LogP contribution in [0.5, 0.6) is 5.75 Å². The van der Waals surface area contributed by atoms with Gasteiger partial charge in [-0.05, 0) is 22.0 Å². The van der Waals surface area contributed by atoms with E-state index in [0.717, 1.165) is 12.1 Å². The Bertz CT molecular complexity index is 474. The van der Waals surface area contributed by atoms with Crippen molar-refractivity contribution in [3.8, 4) is 5.75 Å². The maximum Gasteiger partial charge on any atom is 0.213 e. The molecular formula is C11H12BrN3O2. The highest BCUT2D eigenvalue weighted by molar-refractivity contribution is 9.10. The highest BCUT2D eigenvalue weighted by atomic mass is 79.9. The van der Waals surface area contributed by atoms with E-state index in [1.54, 1.807) is 6.07 Å². The number of hydrogen-bond donors (Lipinski definition) is 2. The van der Waals surface area contributed by atoms with Gasteiger partial charge in [0.05, 0.1) is 4.47 Å². The predicted molar refractivity (Wildman–Crippen MR) is 65.5 cm³/mol. The summed E-state index contributed by atoms with van der Waals surface area (Å²) in [6.07, 6.45) is 2.01. The van der Waals surface area contributed by atoms with Gasteiger partial charge >= 0.3 is 0 Å². The highest BCUT2D eigenvalue weighted by Gasteiger charge is 2.04. The van der Waals surface area contributed by atoms with Crippen molar-refractivity contribution in [1.29, 1.82) is 0 Å². The molecule has 2 rings (SSSR count). The Morgan fingerprint density at radius 2 is 2.29 bits per heavy atom. The molecule has 1 aromatic carbocycles. The molecule has 0 aliphatic rings. The Morgan fingerprint density at radius 3 is 3.06 bits per heavy atom. The molecule has 17 heavy (non-hydrogen) atoms. The summed E-state index contributed by atoms with van der Waals surface area (Å²) in [5, 5.41) is 16.7. The van der Waals surface area contributed by atoms with E-state index in [1.807, 2.05) is 12.1 Å². The average molecular weight is 298 g/mol. The molecule has 0 radical (unpaired) electrons. The molecule has 0 unspecified atom stereocenters. The fourth-order valence-electron chi connectivity index (χ4n) is 1.43. The van der Waals surface area contributed by atoms with Gasteiger partial charge in [0.15, 0.2) is 5.82 Å². The summed E-state index contributed by atoms with van der Waals surface area (Å²) in [7, 11) is 0. The second kappa shape index (κ2) is 5.79. The second-order valence-corrected chi connectivity index (χ2v) is 4.38. The van der Waals surface area contributed by atoms with Crippen LogP contribution in [0.3, 0.4) is 0 Å². The summed E-state index contributed by atoms with van der Waals surface area (Å²) in [5.41, 5.74) is 0.854. The normalized spacial score (nSPS) is 10.6. The van der Waals surface area contributed by atoms with Gasteiger partial charge in [-0.15, -0.1) is 0 Å².